The molecule has 0 bridgehead atoms. The second kappa shape index (κ2) is 6.13. The zero-order chi connectivity index (χ0) is 12.8. The number of carbonyl (C=O) groups excluding carboxylic acids is 1. The Morgan fingerprint density at radius 3 is 2.53 bits per heavy atom. The molecule has 4 heteroatoms. The highest BCUT2D eigenvalue weighted by Gasteiger charge is 2.21. The Labute approximate surface area is 99.3 Å². The highest BCUT2D eigenvalue weighted by Crippen LogP contribution is 2.16. The second-order valence-electron chi connectivity index (χ2n) is 3.93. The number of rotatable bonds is 6. The Morgan fingerprint density at radius 1 is 1.35 bits per heavy atom. The van der Waals surface area contributed by atoms with E-state index in [-0.39, 0.29) is 18.6 Å². The van der Waals surface area contributed by atoms with Gasteiger partial charge in [-0.25, -0.2) is 4.39 Å². The number of hydrogen-bond donors (Lipinski definition) is 1. The summed E-state index contributed by atoms with van der Waals surface area (Å²) in [5.41, 5.74) is 0.337. The average Bonchev–Trinajstić information content (AvgIpc) is 2.30. The molecule has 3 nitrogen and oxygen atoms in total. The molecule has 1 atom stereocenters. The van der Waals surface area contributed by atoms with Crippen LogP contribution in [0.15, 0.2) is 24.3 Å². The Kier molecular flexibility index (Phi) is 4.82. The van der Waals surface area contributed by atoms with Gasteiger partial charge in [-0.2, -0.15) is 0 Å². The molecule has 0 aromatic heterocycles. The van der Waals surface area contributed by atoms with E-state index in [1.165, 1.54) is 6.07 Å². The fourth-order valence-electron chi connectivity index (χ4n) is 1.60. The molecule has 0 amide bonds. The van der Waals surface area contributed by atoms with Crippen LogP contribution in [-0.4, -0.2) is 16.9 Å². The van der Waals surface area contributed by atoms with E-state index in [9.17, 15) is 14.0 Å². The standard InChI is InChI=1S/C13H15FO3/c1-2-11(15)8-10(13(16)17)7-9-5-3-4-6-12(9)14/h3-6,10H,2,7-8H2,1H3,(H,16,17). The van der Waals surface area contributed by atoms with Crippen molar-refractivity contribution in [1.29, 1.82) is 0 Å². The lowest BCUT2D eigenvalue weighted by atomic mass is 9.93. The van der Waals surface area contributed by atoms with E-state index in [2.05, 4.69) is 0 Å². The Morgan fingerprint density at radius 2 is 2.00 bits per heavy atom. The van der Waals surface area contributed by atoms with Crippen molar-refractivity contribution in [2.75, 3.05) is 0 Å². The first kappa shape index (κ1) is 13.4. The minimum atomic E-state index is -1.06. The number of carbonyl (C=O) groups is 2. The lowest BCUT2D eigenvalue weighted by Gasteiger charge is -2.11. The van der Waals surface area contributed by atoms with E-state index >= 15 is 0 Å². The molecule has 0 spiro atoms. The summed E-state index contributed by atoms with van der Waals surface area (Å²) in [6.45, 7) is 1.68. The molecule has 92 valence electrons. The summed E-state index contributed by atoms with van der Waals surface area (Å²) < 4.78 is 13.4. The largest absolute Gasteiger partial charge is 0.481 e. The quantitative estimate of drug-likeness (QED) is 0.828. The molecule has 0 heterocycles. The van der Waals surface area contributed by atoms with Crippen molar-refractivity contribution in [2.45, 2.75) is 26.2 Å². The molecule has 0 saturated heterocycles. The van der Waals surface area contributed by atoms with Crippen molar-refractivity contribution < 1.29 is 19.1 Å². The summed E-state index contributed by atoms with van der Waals surface area (Å²) in [6.07, 6.45) is 0.314. The molecule has 1 N–H and O–H groups in total. The van der Waals surface area contributed by atoms with E-state index in [0.29, 0.717) is 12.0 Å². The number of hydrogen-bond acceptors (Lipinski definition) is 2. The van der Waals surface area contributed by atoms with Crippen molar-refractivity contribution >= 4 is 11.8 Å². The lowest BCUT2D eigenvalue weighted by Crippen LogP contribution is -2.20. The van der Waals surface area contributed by atoms with Crippen molar-refractivity contribution in [3.8, 4) is 0 Å². The minimum Gasteiger partial charge on any atom is -0.481 e. The van der Waals surface area contributed by atoms with Crippen LogP contribution in [0.5, 0.6) is 0 Å². The maximum Gasteiger partial charge on any atom is 0.307 e. The first-order valence-corrected chi connectivity index (χ1v) is 5.52. The molecule has 0 aliphatic rings. The van der Waals surface area contributed by atoms with Gasteiger partial charge in [0.15, 0.2) is 0 Å². The van der Waals surface area contributed by atoms with Crippen molar-refractivity contribution in [3.05, 3.63) is 35.6 Å². The van der Waals surface area contributed by atoms with Crippen LogP contribution < -0.4 is 0 Å². The molecular weight excluding hydrogens is 223 g/mol. The topological polar surface area (TPSA) is 54.4 Å². The average molecular weight is 238 g/mol. The van der Waals surface area contributed by atoms with Crippen molar-refractivity contribution in [2.24, 2.45) is 5.92 Å². The van der Waals surface area contributed by atoms with Gasteiger partial charge in [0.05, 0.1) is 5.92 Å². The van der Waals surface area contributed by atoms with E-state index < -0.39 is 17.7 Å². The summed E-state index contributed by atoms with van der Waals surface area (Å²) in [6, 6.07) is 6.03. The van der Waals surface area contributed by atoms with Gasteiger partial charge in [-0.3, -0.25) is 9.59 Å². The van der Waals surface area contributed by atoms with Crippen LogP contribution in [0.25, 0.3) is 0 Å². The van der Waals surface area contributed by atoms with Gasteiger partial charge in [0.2, 0.25) is 0 Å². The van der Waals surface area contributed by atoms with Crippen LogP contribution in [0.3, 0.4) is 0 Å². The van der Waals surface area contributed by atoms with Crippen LogP contribution in [-0.2, 0) is 16.0 Å². The van der Waals surface area contributed by atoms with E-state index in [1.54, 1.807) is 25.1 Å². The van der Waals surface area contributed by atoms with Gasteiger partial charge in [-0.1, -0.05) is 25.1 Å². The highest BCUT2D eigenvalue weighted by molar-refractivity contribution is 5.83. The Balaban J connectivity index is 2.77. The molecule has 1 unspecified atom stereocenters. The smallest absolute Gasteiger partial charge is 0.307 e. The van der Waals surface area contributed by atoms with Gasteiger partial charge in [0.25, 0.3) is 0 Å². The van der Waals surface area contributed by atoms with Crippen LogP contribution in [0, 0.1) is 11.7 Å². The van der Waals surface area contributed by atoms with E-state index in [1.807, 2.05) is 0 Å². The molecule has 0 aliphatic heterocycles. The maximum atomic E-state index is 13.4. The fraction of sp³-hybridized carbons (Fsp3) is 0.385. The number of Topliss-reactive ketones (excluding diaryl/α,β-unsaturated/α-hetero) is 1. The van der Waals surface area contributed by atoms with Gasteiger partial charge < -0.3 is 5.11 Å². The summed E-state index contributed by atoms with van der Waals surface area (Å²) >= 11 is 0. The molecule has 17 heavy (non-hydrogen) atoms. The third-order valence-corrected chi connectivity index (χ3v) is 2.64. The zero-order valence-corrected chi connectivity index (χ0v) is 9.65. The summed E-state index contributed by atoms with van der Waals surface area (Å²) in [5.74, 6) is -2.45. The van der Waals surface area contributed by atoms with Crippen LogP contribution in [0.1, 0.15) is 25.3 Å². The number of aliphatic carboxylic acids is 1. The number of carboxylic acids is 1. The summed E-state index contributed by atoms with van der Waals surface area (Å²) in [7, 11) is 0. The third-order valence-electron chi connectivity index (χ3n) is 2.64. The van der Waals surface area contributed by atoms with Gasteiger partial charge in [0, 0.05) is 12.8 Å². The number of benzene rings is 1. The monoisotopic (exact) mass is 238 g/mol. The normalized spacial score (nSPS) is 12.1. The van der Waals surface area contributed by atoms with Crippen molar-refractivity contribution in [1.82, 2.24) is 0 Å². The van der Waals surface area contributed by atoms with E-state index in [0.717, 1.165) is 0 Å². The molecule has 1 aromatic carbocycles. The van der Waals surface area contributed by atoms with Gasteiger partial charge >= 0.3 is 5.97 Å². The predicted molar refractivity (Wildman–Crippen MR) is 61.1 cm³/mol. The Hall–Kier alpha value is -1.71. The lowest BCUT2D eigenvalue weighted by molar-refractivity contribution is -0.143. The molecular formula is C13H15FO3. The van der Waals surface area contributed by atoms with Crippen LogP contribution in [0.2, 0.25) is 0 Å². The highest BCUT2D eigenvalue weighted by atomic mass is 19.1. The molecule has 0 radical (unpaired) electrons. The Bertz CT molecular complexity index is 415. The van der Waals surface area contributed by atoms with Crippen LogP contribution >= 0.6 is 0 Å². The molecule has 1 rings (SSSR count). The third kappa shape index (κ3) is 3.98. The van der Waals surface area contributed by atoms with Gasteiger partial charge in [0.1, 0.15) is 11.6 Å². The maximum absolute atomic E-state index is 13.4. The summed E-state index contributed by atoms with van der Waals surface area (Å²) in [4.78, 5) is 22.2. The predicted octanol–water partition coefficient (Wildman–Crippen LogP) is 2.44. The number of halogens is 1. The number of ketones is 1. The molecule has 0 fully saturated rings. The van der Waals surface area contributed by atoms with E-state index in [4.69, 9.17) is 5.11 Å². The minimum absolute atomic E-state index is 0.0415. The molecule has 1 aromatic rings. The first-order valence-electron chi connectivity index (χ1n) is 5.52. The second-order valence-corrected chi connectivity index (χ2v) is 3.93. The van der Waals surface area contributed by atoms with Gasteiger partial charge in [-0.15, -0.1) is 0 Å². The summed E-state index contributed by atoms with van der Waals surface area (Å²) in [5, 5.41) is 9.00. The molecule has 0 aliphatic carbocycles. The SMILES string of the molecule is CCC(=O)CC(Cc1ccccc1F)C(=O)O. The number of carboxylic acid groups (broad SMARTS) is 1. The van der Waals surface area contributed by atoms with Gasteiger partial charge in [-0.05, 0) is 18.1 Å². The first-order chi connectivity index (χ1) is 8.04. The zero-order valence-electron chi connectivity index (χ0n) is 9.65. The molecule has 0 saturated carbocycles. The fourth-order valence-corrected chi connectivity index (χ4v) is 1.60. The van der Waals surface area contributed by atoms with Crippen molar-refractivity contribution in [3.63, 3.8) is 0 Å². The van der Waals surface area contributed by atoms with Crippen LogP contribution in [0.4, 0.5) is 4.39 Å².